The Morgan fingerprint density at radius 3 is 2.61 bits per heavy atom. The van der Waals surface area contributed by atoms with Crippen LogP contribution in [0.15, 0.2) is 0 Å². The van der Waals surface area contributed by atoms with E-state index in [0.717, 1.165) is 51.7 Å². The van der Waals surface area contributed by atoms with Crippen LogP contribution in [-0.2, 0) is 19.1 Å². The zero-order chi connectivity index (χ0) is 16.3. The number of hydrogen-bond acceptors (Lipinski definition) is 4. The predicted molar refractivity (Wildman–Crippen MR) is 83.4 cm³/mol. The zero-order valence-corrected chi connectivity index (χ0v) is 13.6. The maximum atomic E-state index is 12.5. The molecule has 0 aromatic carbocycles. The van der Waals surface area contributed by atoms with E-state index in [4.69, 9.17) is 4.74 Å². The van der Waals surface area contributed by atoms with Crippen LogP contribution >= 0.6 is 0 Å². The highest BCUT2D eigenvalue weighted by molar-refractivity contribution is 6.06. The van der Waals surface area contributed by atoms with E-state index in [2.05, 4.69) is 5.32 Å². The number of ether oxygens (including phenoxy) is 1. The minimum absolute atomic E-state index is 0.0442. The van der Waals surface area contributed by atoms with Gasteiger partial charge >= 0.3 is 0 Å². The van der Waals surface area contributed by atoms with Crippen LogP contribution in [-0.4, -0.2) is 48.9 Å². The lowest BCUT2D eigenvalue weighted by molar-refractivity contribution is -0.141. The molecule has 1 spiro atoms. The molecule has 128 valence electrons. The normalized spacial score (nSPS) is 24.6. The Bertz CT molecular complexity index is 479. The number of hydrogen-bond donors (Lipinski definition) is 1. The van der Waals surface area contributed by atoms with Gasteiger partial charge in [0.05, 0.1) is 5.41 Å². The Kier molecular flexibility index (Phi) is 4.99. The summed E-state index contributed by atoms with van der Waals surface area (Å²) in [6, 6.07) is 0. The average molecular weight is 322 g/mol. The maximum Gasteiger partial charge on any atom is 0.235 e. The standard InChI is InChI=1S/C17H26N2O4/c20-14(18-12-13-4-9-23-10-5-13)3-8-19-15(21)11-17(16(19)22)6-1-2-7-17/h13H,1-12H2,(H,18,20). The number of likely N-dealkylation sites (tertiary alicyclic amines) is 1. The van der Waals surface area contributed by atoms with E-state index in [9.17, 15) is 14.4 Å². The van der Waals surface area contributed by atoms with Gasteiger partial charge in [0.15, 0.2) is 0 Å². The van der Waals surface area contributed by atoms with Gasteiger partial charge < -0.3 is 10.1 Å². The van der Waals surface area contributed by atoms with Crippen LogP contribution in [0.4, 0.5) is 0 Å². The first-order valence-electron chi connectivity index (χ1n) is 8.80. The molecule has 0 unspecified atom stereocenters. The third kappa shape index (κ3) is 3.57. The lowest BCUT2D eigenvalue weighted by Gasteiger charge is -2.23. The van der Waals surface area contributed by atoms with Gasteiger partial charge in [0.25, 0.3) is 0 Å². The van der Waals surface area contributed by atoms with Crippen molar-refractivity contribution in [3.8, 4) is 0 Å². The minimum Gasteiger partial charge on any atom is -0.381 e. The summed E-state index contributed by atoms with van der Waals surface area (Å²) < 4.78 is 5.30. The van der Waals surface area contributed by atoms with Crippen molar-refractivity contribution in [3.05, 3.63) is 0 Å². The van der Waals surface area contributed by atoms with Crippen LogP contribution in [0.1, 0.15) is 51.4 Å². The third-order valence-corrected chi connectivity index (χ3v) is 5.54. The number of nitrogens with zero attached hydrogens (tertiary/aromatic N) is 1. The van der Waals surface area contributed by atoms with Gasteiger partial charge in [0.2, 0.25) is 17.7 Å². The Morgan fingerprint density at radius 2 is 1.91 bits per heavy atom. The van der Waals surface area contributed by atoms with Crippen LogP contribution < -0.4 is 5.32 Å². The van der Waals surface area contributed by atoms with Crippen molar-refractivity contribution in [2.45, 2.75) is 51.4 Å². The van der Waals surface area contributed by atoms with Crippen LogP contribution in [0.25, 0.3) is 0 Å². The molecule has 6 nitrogen and oxygen atoms in total. The number of rotatable bonds is 5. The molecule has 1 saturated carbocycles. The van der Waals surface area contributed by atoms with Crippen molar-refractivity contribution < 1.29 is 19.1 Å². The van der Waals surface area contributed by atoms with Gasteiger partial charge in [-0.3, -0.25) is 19.3 Å². The summed E-state index contributed by atoms with van der Waals surface area (Å²) >= 11 is 0. The molecule has 0 atom stereocenters. The molecule has 2 heterocycles. The fourth-order valence-corrected chi connectivity index (χ4v) is 4.04. The van der Waals surface area contributed by atoms with Gasteiger partial charge in [-0.2, -0.15) is 0 Å². The van der Waals surface area contributed by atoms with E-state index < -0.39 is 5.41 Å². The van der Waals surface area contributed by atoms with Crippen molar-refractivity contribution in [3.63, 3.8) is 0 Å². The Morgan fingerprint density at radius 1 is 1.22 bits per heavy atom. The number of imide groups is 1. The van der Waals surface area contributed by atoms with Gasteiger partial charge in [0.1, 0.15) is 0 Å². The van der Waals surface area contributed by atoms with E-state index in [1.807, 2.05) is 0 Å². The molecule has 0 aromatic rings. The molecule has 23 heavy (non-hydrogen) atoms. The number of carbonyl (C=O) groups excluding carboxylic acids is 3. The highest BCUT2D eigenvalue weighted by Gasteiger charge is 2.52. The first-order valence-corrected chi connectivity index (χ1v) is 8.80. The minimum atomic E-state index is -0.435. The number of nitrogens with one attached hydrogen (secondary N) is 1. The van der Waals surface area contributed by atoms with E-state index in [1.165, 1.54) is 4.90 Å². The van der Waals surface area contributed by atoms with Gasteiger partial charge in [0, 0.05) is 39.1 Å². The molecule has 1 aliphatic carbocycles. The molecule has 0 bridgehead atoms. The summed E-state index contributed by atoms with van der Waals surface area (Å²) in [5, 5.41) is 2.92. The Balaban J connectivity index is 1.43. The van der Waals surface area contributed by atoms with Crippen molar-refractivity contribution in [1.82, 2.24) is 10.2 Å². The van der Waals surface area contributed by atoms with Gasteiger partial charge in [-0.05, 0) is 31.6 Å². The number of amides is 3. The van der Waals surface area contributed by atoms with Crippen LogP contribution in [0.2, 0.25) is 0 Å². The van der Waals surface area contributed by atoms with Crippen LogP contribution in [0.3, 0.4) is 0 Å². The second-order valence-corrected chi connectivity index (χ2v) is 7.12. The van der Waals surface area contributed by atoms with E-state index >= 15 is 0 Å². The SMILES string of the molecule is O=C(CCN1C(=O)CC2(CCCC2)C1=O)NCC1CCOCC1. The zero-order valence-electron chi connectivity index (χ0n) is 13.6. The molecule has 3 aliphatic rings. The molecule has 6 heteroatoms. The monoisotopic (exact) mass is 322 g/mol. The van der Waals surface area contributed by atoms with E-state index in [-0.39, 0.29) is 30.7 Å². The molecule has 2 aliphatic heterocycles. The summed E-state index contributed by atoms with van der Waals surface area (Å²) in [4.78, 5) is 37.9. The lowest BCUT2D eigenvalue weighted by atomic mass is 9.84. The summed E-state index contributed by atoms with van der Waals surface area (Å²) in [6.07, 6.45) is 6.20. The highest BCUT2D eigenvalue weighted by Crippen LogP contribution is 2.46. The molecule has 3 fully saturated rings. The van der Waals surface area contributed by atoms with Crippen molar-refractivity contribution >= 4 is 17.7 Å². The molecule has 3 amide bonds. The second kappa shape index (κ2) is 6.99. The molecule has 3 rings (SSSR count). The van der Waals surface area contributed by atoms with Crippen molar-refractivity contribution in [1.29, 1.82) is 0 Å². The van der Waals surface area contributed by atoms with Crippen LogP contribution in [0, 0.1) is 11.3 Å². The van der Waals surface area contributed by atoms with Gasteiger partial charge in [-0.1, -0.05) is 12.8 Å². The smallest absolute Gasteiger partial charge is 0.235 e. The lowest BCUT2D eigenvalue weighted by Crippen LogP contribution is -2.38. The highest BCUT2D eigenvalue weighted by atomic mass is 16.5. The van der Waals surface area contributed by atoms with Crippen molar-refractivity contribution in [2.24, 2.45) is 11.3 Å². The fraction of sp³-hybridized carbons (Fsp3) is 0.824. The molecule has 0 aromatic heterocycles. The summed E-state index contributed by atoms with van der Waals surface area (Å²) in [5.41, 5.74) is -0.435. The largest absolute Gasteiger partial charge is 0.381 e. The molecule has 0 radical (unpaired) electrons. The molecular formula is C17H26N2O4. The van der Waals surface area contributed by atoms with E-state index in [0.29, 0.717) is 18.9 Å². The number of carbonyl (C=O) groups is 3. The van der Waals surface area contributed by atoms with Crippen LogP contribution in [0.5, 0.6) is 0 Å². The molecule has 2 saturated heterocycles. The van der Waals surface area contributed by atoms with Crippen molar-refractivity contribution in [2.75, 3.05) is 26.3 Å². The molecular weight excluding hydrogens is 296 g/mol. The fourth-order valence-electron chi connectivity index (χ4n) is 4.04. The maximum absolute atomic E-state index is 12.5. The van der Waals surface area contributed by atoms with Gasteiger partial charge in [-0.25, -0.2) is 0 Å². The Hall–Kier alpha value is -1.43. The predicted octanol–water partition coefficient (Wildman–Crippen LogP) is 1.24. The summed E-state index contributed by atoms with van der Waals surface area (Å²) in [5.74, 6) is 0.250. The third-order valence-electron chi connectivity index (χ3n) is 5.54. The second-order valence-electron chi connectivity index (χ2n) is 7.12. The van der Waals surface area contributed by atoms with Gasteiger partial charge in [-0.15, -0.1) is 0 Å². The quantitative estimate of drug-likeness (QED) is 0.773. The first-order chi connectivity index (χ1) is 11.1. The summed E-state index contributed by atoms with van der Waals surface area (Å²) in [7, 11) is 0. The topological polar surface area (TPSA) is 75.7 Å². The van der Waals surface area contributed by atoms with E-state index in [1.54, 1.807) is 0 Å². The average Bonchev–Trinajstić information content (AvgIpc) is 3.11. The summed E-state index contributed by atoms with van der Waals surface area (Å²) in [6.45, 7) is 2.41. The Labute approximate surface area is 136 Å². The first kappa shape index (κ1) is 16.4. The molecule has 1 N–H and O–H groups in total.